The van der Waals surface area contributed by atoms with Crippen molar-refractivity contribution in [3.63, 3.8) is 0 Å². The molecule has 0 spiro atoms. The molecule has 0 radical (unpaired) electrons. The van der Waals surface area contributed by atoms with E-state index in [-0.39, 0.29) is 11.4 Å². The maximum atomic E-state index is 13.2. The van der Waals surface area contributed by atoms with E-state index in [1.54, 1.807) is 44.2 Å². The molecule has 3 aromatic carbocycles. The van der Waals surface area contributed by atoms with Gasteiger partial charge in [-0.15, -0.1) is 11.8 Å². The monoisotopic (exact) mass is 450 g/mol. The smallest absolute Gasteiger partial charge is 0.323 e. The molecular weight excluding hydrogens is 424 g/mol. The third-order valence-corrected chi connectivity index (χ3v) is 6.42. The molecule has 6 nitrogen and oxygen atoms in total. The molecule has 1 aliphatic rings. The molecule has 1 fully saturated rings. The van der Waals surface area contributed by atoms with Crippen molar-refractivity contribution in [1.29, 1.82) is 0 Å². The number of hydrogen-bond acceptors (Lipinski definition) is 5. The lowest BCUT2D eigenvalue weighted by molar-refractivity contribution is 0.213. The topological polar surface area (TPSA) is 60.0 Å². The summed E-state index contributed by atoms with van der Waals surface area (Å²) in [5.74, 6) is 2.88. The highest BCUT2D eigenvalue weighted by Crippen LogP contribution is 2.42. The first kappa shape index (κ1) is 21.9. The zero-order chi connectivity index (χ0) is 22.3. The Hall–Kier alpha value is -3.32. The van der Waals surface area contributed by atoms with Crippen LogP contribution < -0.4 is 19.5 Å². The lowest BCUT2D eigenvalue weighted by Crippen LogP contribution is -2.34. The predicted molar refractivity (Wildman–Crippen MR) is 128 cm³/mol. The molecule has 0 unspecified atom stereocenters. The van der Waals surface area contributed by atoms with Crippen LogP contribution in [0.15, 0.2) is 72.8 Å². The second kappa shape index (κ2) is 10.3. The number of anilines is 1. The first-order chi connectivity index (χ1) is 15.7. The number of methoxy groups -OCH3 is 2. The molecular formula is C25H26N2O4S. The fourth-order valence-corrected chi connectivity index (χ4v) is 4.84. The molecule has 1 aliphatic heterocycles. The normalized spacial score (nSPS) is 15.3. The van der Waals surface area contributed by atoms with E-state index in [0.717, 1.165) is 22.6 Å². The van der Waals surface area contributed by atoms with E-state index in [9.17, 15) is 4.79 Å². The Morgan fingerprint density at radius 3 is 2.41 bits per heavy atom. The van der Waals surface area contributed by atoms with Crippen molar-refractivity contribution in [1.82, 2.24) is 4.90 Å². The Morgan fingerprint density at radius 1 is 1.00 bits per heavy atom. The maximum absolute atomic E-state index is 13.2. The summed E-state index contributed by atoms with van der Waals surface area (Å²) in [4.78, 5) is 15.0. The molecule has 1 N–H and O–H groups in total. The van der Waals surface area contributed by atoms with E-state index in [1.807, 2.05) is 59.5 Å². The van der Waals surface area contributed by atoms with Crippen molar-refractivity contribution in [2.75, 3.05) is 31.8 Å². The van der Waals surface area contributed by atoms with Crippen LogP contribution in [0.3, 0.4) is 0 Å². The van der Waals surface area contributed by atoms with Crippen LogP contribution in [0.2, 0.25) is 0 Å². The van der Waals surface area contributed by atoms with Crippen molar-refractivity contribution in [2.45, 2.75) is 12.0 Å². The summed E-state index contributed by atoms with van der Waals surface area (Å²) >= 11 is 1.73. The minimum absolute atomic E-state index is 0.130. The van der Waals surface area contributed by atoms with Crippen molar-refractivity contribution in [2.24, 2.45) is 0 Å². The lowest BCUT2D eigenvalue weighted by Gasteiger charge is -2.26. The summed E-state index contributed by atoms with van der Waals surface area (Å²) in [6.45, 7) is 1.13. The van der Waals surface area contributed by atoms with Crippen molar-refractivity contribution < 1.29 is 19.0 Å². The van der Waals surface area contributed by atoms with Gasteiger partial charge in [0.15, 0.2) is 0 Å². The molecule has 1 atom stereocenters. The van der Waals surface area contributed by atoms with Crippen LogP contribution in [0.1, 0.15) is 16.5 Å². The highest BCUT2D eigenvalue weighted by atomic mass is 32.2. The van der Waals surface area contributed by atoms with E-state index in [1.165, 1.54) is 0 Å². The Labute approximate surface area is 192 Å². The van der Waals surface area contributed by atoms with Gasteiger partial charge in [0.25, 0.3) is 0 Å². The standard InChI is InChI=1S/C25H26N2O4S/c1-29-20-14-19(15-21(16-20)30-2)26-25(28)27-12-13-32-24(27)22-10-6-7-11-23(22)31-17-18-8-4-3-5-9-18/h3-11,14-16,24H,12-13,17H2,1-2H3,(H,26,28)/t24-/m1/s1. The average molecular weight is 451 g/mol. The van der Waals surface area contributed by atoms with Gasteiger partial charge >= 0.3 is 6.03 Å². The van der Waals surface area contributed by atoms with Gasteiger partial charge in [-0.05, 0) is 11.6 Å². The second-order valence-corrected chi connectivity index (χ2v) is 8.45. The first-order valence-electron chi connectivity index (χ1n) is 10.4. The molecule has 2 amide bonds. The SMILES string of the molecule is COc1cc(NC(=O)N2CCS[C@@H]2c2ccccc2OCc2ccccc2)cc(OC)c1. The van der Waals surface area contributed by atoms with Gasteiger partial charge in [0, 0.05) is 41.7 Å². The van der Waals surface area contributed by atoms with Crippen LogP contribution in [-0.2, 0) is 6.61 Å². The van der Waals surface area contributed by atoms with E-state index >= 15 is 0 Å². The number of rotatable bonds is 7. The minimum Gasteiger partial charge on any atom is -0.497 e. The molecule has 32 heavy (non-hydrogen) atoms. The Kier molecular flexibility index (Phi) is 7.07. The maximum Gasteiger partial charge on any atom is 0.323 e. The Bertz CT molecular complexity index is 1040. The van der Waals surface area contributed by atoms with Gasteiger partial charge in [0.1, 0.15) is 29.2 Å². The lowest BCUT2D eigenvalue weighted by atomic mass is 10.1. The van der Waals surface area contributed by atoms with Gasteiger partial charge in [-0.3, -0.25) is 0 Å². The van der Waals surface area contributed by atoms with Crippen LogP contribution in [0.4, 0.5) is 10.5 Å². The number of hydrogen-bond donors (Lipinski definition) is 1. The second-order valence-electron chi connectivity index (χ2n) is 7.26. The van der Waals surface area contributed by atoms with E-state index < -0.39 is 0 Å². The number of ether oxygens (including phenoxy) is 3. The third kappa shape index (κ3) is 5.11. The number of carbonyl (C=O) groups excluding carboxylic acids is 1. The molecule has 1 heterocycles. The highest BCUT2D eigenvalue weighted by Gasteiger charge is 2.32. The molecule has 7 heteroatoms. The predicted octanol–water partition coefficient (Wildman–Crippen LogP) is 5.56. The zero-order valence-corrected chi connectivity index (χ0v) is 18.9. The van der Waals surface area contributed by atoms with Crippen LogP contribution >= 0.6 is 11.8 Å². The third-order valence-electron chi connectivity index (χ3n) is 5.18. The molecule has 1 saturated heterocycles. The zero-order valence-electron chi connectivity index (χ0n) is 18.1. The van der Waals surface area contributed by atoms with Crippen LogP contribution in [-0.4, -0.2) is 37.4 Å². The van der Waals surface area contributed by atoms with Crippen molar-refractivity contribution >= 4 is 23.5 Å². The number of nitrogens with zero attached hydrogens (tertiary/aromatic N) is 1. The molecule has 4 rings (SSSR count). The minimum atomic E-state index is -0.173. The van der Waals surface area contributed by atoms with E-state index in [4.69, 9.17) is 14.2 Å². The number of benzene rings is 3. The molecule has 0 aliphatic carbocycles. The van der Waals surface area contributed by atoms with Gasteiger partial charge in [-0.25, -0.2) is 4.79 Å². The molecule has 0 bridgehead atoms. The van der Waals surface area contributed by atoms with Gasteiger partial charge in [-0.2, -0.15) is 0 Å². The van der Waals surface area contributed by atoms with Crippen LogP contribution in [0.5, 0.6) is 17.2 Å². The first-order valence-corrected chi connectivity index (χ1v) is 11.4. The summed E-state index contributed by atoms with van der Waals surface area (Å²) < 4.78 is 16.8. The van der Waals surface area contributed by atoms with Gasteiger partial charge in [0.2, 0.25) is 0 Å². The highest BCUT2D eigenvalue weighted by molar-refractivity contribution is 7.99. The van der Waals surface area contributed by atoms with Gasteiger partial charge < -0.3 is 24.4 Å². The average Bonchev–Trinajstić information content (AvgIpc) is 3.33. The molecule has 3 aromatic rings. The molecule has 0 aromatic heterocycles. The fourth-order valence-electron chi connectivity index (χ4n) is 3.56. The Balaban J connectivity index is 1.51. The van der Waals surface area contributed by atoms with Crippen LogP contribution in [0.25, 0.3) is 0 Å². The number of para-hydroxylation sites is 1. The van der Waals surface area contributed by atoms with Crippen LogP contribution in [0, 0.1) is 0 Å². The quantitative estimate of drug-likeness (QED) is 0.511. The van der Waals surface area contributed by atoms with Crippen molar-refractivity contribution in [3.8, 4) is 17.2 Å². The van der Waals surface area contributed by atoms with Crippen molar-refractivity contribution in [3.05, 3.63) is 83.9 Å². The summed E-state index contributed by atoms with van der Waals surface area (Å²) in [6, 6.07) is 23.1. The summed E-state index contributed by atoms with van der Waals surface area (Å²) in [7, 11) is 3.17. The van der Waals surface area contributed by atoms with E-state index in [2.05, 4.69) is 5.32 Å². The van der Waals surface area contributed by atoms with Gasteiger partial charge in [-0.1, -0.05) is 48.5 Å². The number of nitrogens with one attached hydrogen (secondary N) is 1. The molecule has 166 valence electrons. The summed E-state index contributed by atoms with van der Waals surface area (Å²) in [6.07, 6.45) is 0. The summed E-state index contributed by atoms with van der Waals surface area (Å²) in [5.41, 5.74) is 2.71. The fraction of sp³-hybridized carbons (Fsp3) is 0.240. The summed E-state index contributed by atoms with van der Waals surface area (Å²) in [5, 5.41) is 2.85. The number of thioether (sulfide) groups is 1. The van der Waals surface area contributed by atoms with E-state index in [0.29, 0.717) is 30.3 Å². The number of urea groups is 1. The number of amides is 2. The number of carbonyl (C=O) groups is 1. The van der Waals surface area contributed by atoms with Gasteiger partial charge in [0.05, 0.1) is 14.2 Å². The molecule has 0 saturated carbocycles. The largest absolute Gasteiger partial charge is 0.497 e. The Morgan fingerprint density at radius 2 is 1.69 bits per heavy atom.